The van der Waals surface area contributed by atoms with Crippen molar-refractivity contribution in [1.82, 2.24) is 14.7 Å². The van der Waals surface area contributed by atoms with Gasteiger partial charge < -0.3 is 20.2 Å². The Morgan fingerprint density at radius 3 is 2.16 bits per heavy atom. The first-order chi connectivity index (χ1) is 17.8. The molecule has 4 N–H and O–H groups in total. The van der Waals surface area contributed by atoms with Gasteiger partial charge in [-0.2, -0.15) is 13.2 Å². The van der Waals surface area contributed by atoms with Crippen molar-refractivity contribution in [2.75, 3.05) is 17.7 Å². The van der Waals surface area contributed by atoms with Crippen molar-refractivity contribution in [3.8, 4) is 0 Å². The van der Waals surface area contributed by atoms with Crippen LogP contribution in [0.15, 0.2) is 75.0 Å². The Labute approximate surface area is 213 Å². The number of fused-ring (bicyclic) bond motifs is 1. The molecule has 2 aromatic carbocycles. The smallest absolute Gasteiger partial charge is 0.475 e. The van der Waals surface area contributed by atoms with Crippen LogP contribution in [0.2, 0.25) is 0 Å². The first-order valence-electron chi connectivity index (χ1n) is 10.5. The Morgan fingerprint density at radius 1 is 0.974 bits per heavy atom. The first-order valence-corrected chi connectivity index (χ1v) is 12.0. The summed E-state index contributed by atoms with van der Waals surface area (Å²) in [5.41, 5.74) is 1.63. The second-order valence-corrected chi connectivity index (χ2v) is 9.40. The molecule has 0 aliphatic rings. The number of rotatable bonds is 6. The van der Waals surface area contributed by atoms with E-state index in [1.807, 2.05) is 0 Å². The van der Waals surface area contributed by atoms with Crippen LogP contribution >= 0.6 is 0 Å². The maximum atomic E-state index is 12.0. The lowest BCUT2D eigenvalue weighted by Gasteiger charge is -2.10. The van der Waals surface area contributed by atoms with Crippen LogP contribution in [0, 0.1) is 6.92 Å². The molecule has 4 aromatic rings. The van der Waals surface area contributed by atoms with E-state index in [2.05, 4.69) is 25.3 Å². The lowest BCUT2D eigenvalue weighted by molar-refractivity contribution is -0.192. The zero-order valence-corrected chi connectivity index (χ0v) is 20.5. The summed E-state index contributed by atoms with van der Waals surface area (Å²) in [6, 6.07) is 14.7. The summed E-state index contributed by atoms with van der Waals surface area (Å²) >= 11 is 0. The molecule has 11 nitrogen and oxygen atoms in total. The van der Waals surface area contributed by atoms with Gasteiger partial charge in [0.05, 0.1) is 10.3 Å². The van der Waals surface area contributed by atoms with Gasteiger partial charge in [-0.15, -0.1) is 0 Å². The van der Waals surface area contributed by atoms with Gasteiger partial charge in [0, 0.05) is 29.6 Å². The molecule has 4 rings (SSSR count). The molecular formula is C23H20F3N5O6S. The van der Waals surface area contributed by atoms with Crippen molar-refractivity contribution >= 4 is 50.0 Å². The molecule has 0 bridgehead atoms. The number of hydrogen-bond donors (Lipinski definition) is 4. The van der Waals surface area contributed by atoms with Crippen LogP contribution in [0.3, 0.4) is 0 Å². The van der Waals surface area contributed by atoms with E-state index < -0.39 is 22.2 Å². The number of nitrogens with one attached hydrogen (secondary N) is 3. The highest BCUT2D eigenvalue weighted by atomic mass is 32.2. The minimum atomic E-state index is -5.08. The number of hydrogen-bond acceptors (Lipinski definition) is 9. The van der Waals surface area contributed by atoms with E-state index in [0.717, 1.165) is 0 Å². The Bertz CT molecular complexity index is 1640. The number of carboxylic acids is 1. The number of benzene rings is 2. The van der Waals surface area contributed by atoms with E-state index >= 15 is 0 Å². The SMILES string of the molecule is CNS(=O)(=O)c1cccc(Nc2cc(Nc3ccc4c(=O)cc(C)oc4c3)ncn2)c1.O=C(O)C(F)(F)F. The molecule has 38 heavy (non-hydrogen) atoms. The van der Waals surface area contributed by atoms with Crippen molar-refractivity contribution in [1.29, 1.82) is 0 Å². The molecule has 2 aromatic heterocycles. The van der Waals surface area contributed by atoms with Crippen LogP contribution in [-0.4, -0.2) is 42.7 Å². The van der Waals surface area contributed by atoms with Crippen LogP contribution in [-0.2, 0) is 14.8 Å². The van der Waals surface area contributed by atoms with Crippen LogP contribution < -0.4 is 20.8 Å². The predicted octanol–water partition coefficient (Wildman–Crippen LogP) is 3.92. The van der Waals surface area contributed by atoms with Gasteiger partial charge in [0.15, 0.2) is 5.43 Å². The number of anilines is 4. The number of aromatic nitrogens is 2. The van der Waals surface area contributed by atoms with Crippen molar-refractivity contribution in [2.24, 2.45) is 0 Å². The molecule has 0 saturated carbocycles. The molecule has 0 fully saturated rings. The van der Waals surface area contributed by atoms with Gasteiger partial charge in [-0.1, -0.05) is 6.07 Å². The molecular weight excluding hydrogens is 531 g/mol. The van der Waals surface area contributed by atoms with Gasteiger partial charge in [0.1, 0.15) is 29.3 Å². The largest absolute Gasteiger partial charge is 0.490 e. The second kappa shape index (κ2) is 11.3. The molecule has 0 unspecified atom stereocenters. The maximum Gasteiger partial charge on any atom is 0.490 e. The Balaban J connectivity index is 0.000000505. The van der Waals surface area contributed by atoms with Gasteiger partial charge in [-0.25, -0.2) is 27.9 Å². The quantitative estimate of drug-likeness (QED) is 0.276. The number of nitrogens with zero attached hydrogens (tertiary/aromatic N) is 2. The van der Waals surface area contributed by atoms with Gasteiger partial charge in [0.2, 0.25) is 10.0 Å². The summed E-state index contributed by atoms with van der Waals surface area (Å²) in [6.45, 7) is 1.72. The van der Waals surface area contributed by atoms with E-state index in [1.54, 1.807) is 43.3 Å². The molecule has 200 valence electrons. The molecule has 0 atom stereocenters. The third-order valence-electron chi connectivity index (χ3n) is 4.72. The third kappa shape index (κ3) is 7.27. The van der Waals surface area contributed by atoms with E-state index in [4.69, 9.17) is 14.3 Å². The monoisotopic (exact) mass is 551 g/mol. The summed E-state index contributed by atoms with van der Waals surface area (Å²) in [5, 5.41) is 13.8. The van der Waals surface area contributed by atoms with Gasteiger partial charge >= 0.3 is 12.1 Å². The highest BCUT2D eigenvalue weighted by molar-refractivity contribution is 7.89. The first kappa shape index (κ1) is 28.1. The van der Waals surface area contributed by atoms with Gasteiger partial charge in [-0.05, 0) is 44.3 Å². The fourth-order valence-electron chi connectivity index (χ4n) is 3.00. The fraction of sp³-hybridized carbons (Fsp3) is 0.130. The number of carbonyl (C=O) groups is 1. The zero-order chi connectivity index (χ0) is 28.1. The van der Waals surface area contributed by atoms with Crippen LogP contribution in [0.25, 0.3) is 11.0 Å². The lowest BCUT2D eigenvalue weighted by Crippen LogP contribution is -2.21. The molecule has 0 amide bonds. The van der Waals surface area contributed by atoms with Crippen LogP contribution in [0.4, 0.5) is 36.2 Å². The molecule has 15 heteroatoms. The average molecular weight is 552 g/mol. The number of aryl methyl sites for hydroxylation is 1. The zero-order valence-electron chi connectivity index (χ0n) is 19.7. The van der Waals surface area contributed by atoms with Gasteiger partial charge in [-0.3, -0.25) is 4.79 Å². The molecule has 0 radical (unpaired) electrons. The highest BCUT2D eigenvalue weighted by Crippen LogP contribution is 2.23. The Hall–Kier alpha value is -4.50. The third-order valence-corrected chi connectivity index (χ3v) is 6.13. The number of carboxylic acid groups (broad SMARTS) is 1. The summed E-state index contributed by atoms with van der Waals surface area (Å²) in [5.74, 6) is -1.25. The van der Waals surface area contributed by atoms with Crippen molar-refractivity contribution in [3.05, 3.63) is 76.9 Å². The van der Waals surface area contributed by atoms with E-state index in [9.17, 15) is 26.4 Å². The molecule has 2 heterocycles. The minimum absolute atomic E-state index is 0.0960. The number of halogens is 3. The molecule has 0 aliphatic heterocycles. The number of alkyl halides is 3. The summed E-state index contributed by atoms with van der Waals surface area (Å²) < 4.78 is 63.6. The van der Waals surface area contributed by atoms with E-state index in [-0.39, 0.29) is 10.3 Å². The molecule has 0 saturated heterocycles. The highest BCUT2D eigenvalue weighted by Gasteiger charge is 2.38. The fourth-order valence-corrected chi connectivity index (χ4v) is 3.78. The van der Waals surface area contributed by atoms with Crippen LogP contribution in [0.1, 0.15) is 5.76 Å². The maximum absolute atomic E-state index is 12.0. The number of sulfonamides is 1. The van der Waals surface area contributed by atoms with Crippen molar-refractivity contribution in [3.63, 3.8) is 0 Å². The standard InChI is InChI=1S/C21H19N5O4S.C2HF3O2/c1-13-8-18(27)17-7-6-15(10-19(17)30-13)26-21-11-20(23-12-24-21)25-14-4-3-5-16(9-14)31(28,29)22-2;3-2(4,5)1(6)7/h3-12,22H,1-2H3,(H2,23,24,25,26);(H,6,7). The number of aliphatic carboxylic acids is 1. The molecule has 0 aliphatic carbocycles. The topological polar surface area (TPSA) is 164 Å². The summed E-state index contributed by atoms with van der Waals surface area (Å²) in [7, 11) is -2.19. The van der Waals surface area contributed by atoms with Crippen molar-refractivity contribution < 1.29 is 35.9 Å². The summed E-state index contributed by atoms with van der Waals surface area (Å²) in [6.07, 6.45) is -3.70. The second-order valence-electron chi connectivity index (χ2n) is 7.51. The van der Waals surface area contributed by atoms with E-state index in [0.29, 0.717) is 39.7 Å². The van der Waals surface area contributed by atoms with E-state index in [1.165, 1.54) is 31.6 Å². The van der Waals surface area contributed by atoms with Crippen molar-refractivity contribution in [2.45, 2.75) is 18.0 Å². The summed E-state index contributed by atoms with van der Waals surface area (Å²) in [4.78, 5) is 29.5. The molecule has 0 spiro atoms. The normalized spacial score (nSPS) is 11.4. The minimum Gasteiger partial charge on any atom is -0.475 e. The van der Waals surface area contributed by atoms with Gasteiger partial charge in [0.25, 0.3) is 0 Å². The predicted molar refractivity (Wildman–Crippen MR) is 132 cm³/mol. The lowest BCUT2D eigenvalue weighted by atomic mass is 10.2. The Kier molecular flexibility index (Phi) is 8.32. The average Bonchev–Trinajstić information content (AvgIpc) is 2.84. The van der Waals surface area contributed by atoms with Crippen LogP contribution in [0.5, 0.6) is 0 Å². The Morgan fingerprint density at radius 2 is 1.58 bits per heavy atom.